The average Bonchev–Trinajstić information content (AvgIpc) is 3.09. The molecule has 2 N–H and O–H groups in total. The standard InChI is InChI=1S/C19H18ClN3O4S/c20-15-6-4-14(5-7-15)12-13-21-18-2-1-3-19(18)22-28(26,27)17-10-8-16(9-11-17)23(24)25/h4-11,18-19,21-22H,1-3H2/t18-,19-/m1/s1. The average molecular weight is 420 g/mol. The van der Waals surface area contributed by atoms with Gasteiger partial charge in [0.25, 0.3) is 5.69 Å². The normalized spacial score (nSPS) is 18.9. The van der Waals surface area contributed by atoms with Crippen molar-refractivity contribution in [1.82, 2.24) is 10.0 Å². The molecule has 28 heavy (non-hydrogen) atoms. The fourth-order valence-corrected chi connectivity index (χ4v) is 4.46. The first kappa shape index (κ1) is 20.1. The van der Waals surface area contributed by atoms with E-state index in [1.807, 2.05) is 0 Å². The van der Waals surface area contributed by atoms with Crippen LogP contribution in [-0.4, -0.2) is 25.4 Å². The van der Waals surface area contributed by atoms with Crippen LogP contribution < -0.4 is 10.0 Å². The monoisotopic (exact) mass is 419 g/mol. The maximum absolute atomic E-state index is 12.6. The van der Waals surface area contributed by atoms with Crippen molar-refractivity contribution >= 4 is 27.3 Å². The minimum atomic E-state index is -3.78. The van der Waals surface area contributed by atoms with Gasteiger partial charge in [-0.2, -0.15) is 0 Å². The van der Waals surface area contributed by atoms with Gasteiger partial charge in [-0.1, -0.05) is 11.6 Å². The summed E-state index contributed by atoms with van der Waals surface area (Å²) in [5.74, 6) is 2.97. The third kappa shape index (κ3) is 5.01. The molecule has 0 spiro atoms. The lowest BCUT2D eigenvalue weighted by Crippen LogP contribution is -2.45. The Bertz CT molecular complexity index is 1010. The van der Waals surface area contributed by atoms with Crippen LogP contribution in [0.4, 0.5) is 5.69 Å². The van der Waals surface area contributed by atoms with Gasteiger partial charge in [0.15, 0.2) is 0 Å². The van der Waals surface area contributed by atoms with E-state index in [1.54, 1.807) is 24.3 Å². The highest BCUT2D eigenvalue weighted by Gasteiger charge is 2.31. The van der Waals surface area contributed by atoms with Crippen molar-refractivity contribution in [1.29, 1.82) is 0 Å². The topological polar surface area (TPSA) is 101 Å². The Morgan fingerprint density at radius 3 is 2.32 bits per heavy atom. The highest BCUT2D eigenvalue weighted by molar-refractivity contribution is 7.89. The van der Waals surface area contributed by atoms with Gasteiger partial charge in [-0.25, -0.2) is 13.1 Å². The van der Waals surface area contributed by atoms with Gasteiger partial charge >= 0.3 is 0 Å². The van der Waals surface area contributed by atoms with Gasteiger partial charge in [-0.3, -0.25) is 10.1 Å². The number of sulfonamides is 1. The molecule has 3 rings (SSSR count). The number of nitro groups is 1. The number of hydrogen-bond acceptors (Lipinski definition) is 5. The Labute approximate surface area is 168 Å². The second kappa shape index (κ2) is 8.61. The van der Waals surface area contributed by atoms with E-state index in [1.165, 1.54) is 24.3 Å². The minimum absolute atomic E-state index is 0.00371. The molecule has 146 valence electrons. The number of halogens is 1. The summed E-state index contributed by atoms with van der Waals surface area (Å²) in [6.07, 6.45) is 2.35. The van der Waals surface area contributed by atoms with Crippen LogP contribution >= 0.6 is 11.6 Å². The van der Waals surface area contributed by atoms with E-state index in [0.29, 0.717) is 11.4 Å². The molecule has 0 heterocycles. The van der Waals surface area contributed by atoms with E-state index < -0.39 is 14.9 Å². The Morgan fingerprint density at radius 1 is 1.04 bits per heavy atom. The van der Waals surface area contributed by atoms with Crippen LogP contribution in [0.3, 0.4) is 0 Å². The number of nitrogens with zero attached hydrogens (tertiary/aromatic N) is 1. The first-order chi connectivity index (χ1) is 13.3. The van der Waals surface area contributed by atoms with E-state index in [4.69, 9.17) is 11.6 Å². The van der Waals surface area contributed by atoms with Gasteiger partial charge in [0.1, 0.15) is 0 Å². The van der Waals surface area contributed by atoms with Gasteiger partial charge in [0.2, 0.25) is 10.0 Å². The van der Waals surface area contributed by atoms with Gasteiger partial charge in [0, 0.05) is 34.8 Å². The SMILES string of the molecule is O=[N+]([O-])c1ccc(S(=O)(=O)N[C@@H]2CCC[C@H]2NC#Cc2ccc(Cl)cc2)cc1. The summed E-state index contributed by atoms with van der Waals surface area (Å²) in [6, 6.07) is 14.4. The Hall–Kier alpha value is -2.60. The first-order valence-corrected chi connectivity index (χ1v) is 10.5. The van der Waals surface area contributed by atoms with Crippen LogP contribution in [0.1, 0.15) is 24.8 Å². The van der Waals surface area contributed by atoms with E-state index in [2.05, 4.69) is 22.0 Å². The van der Waals surface area contributed by atoms with Gasteiger partial charge in [0.05, 0.1) is 15.9 Å². The fraction of sp³-hybridized carbons (Fsp3) is 0.263. The lowest BCUT2D eigenvalue weighted by molar-refractivity contribution is -0.384. The summed E-state index contributed by atoms with van der Waals surface area (Å²) in [5, 5.41) is 14.4. The van der Waals surface area contributed by atoms with Crippen molar-refractivity contribution in [3.63, 3.8) is 0 Å². The van der Waals surface area contributed by atoms with E-state index in [9.17, 15) is 18.5 Å². The summed E-state index contributed by atoms with van der Waals surface area (Å²) < 4.78 is 27.9. The Kier molecular flexibility index (Phi) is 6.19. The van der Waals surface area contributed by atoms with E-state index >= 15 is 0 Å². The quantitative estimate of drug-likeness (QED) is 0.335. The number of non-ortho nitro benzene ring substituents is 1. The van der Waals surface area contributed by atoms with Crippen LogP contribution in [0.5, 0.6) is 0 Å². The molecular weight excluding hydrogens is 402 g/mol. The first-order valence-electron chi connectivity index (χ1n) is 8.64. The molecule has 0 bridgehead atoms. The van der Waals surface area contributed by atoms with E-state index in [0.717, 1.165) is 18.4 Å². The maximum Gasteiger partial charge on any atom is 0.269 e. The summed E-state index contributed by atoms with van der Waals surface area (Å²) in [5.41, 5.74) is 0.648. The predicted molar refractivity (Wildman–Crippen MR) is 106 cm³/mol. The zero-order valence-electron chi connectivity index (χ0n) is 14.8. The second-order valence-electron chi connectivity index (χ2n) is 6.42. The van der Waals surface area contributed by atoms with Crippen LogP contribution in [0.25, 0.3) is 0 Å². The van der Waals surface area contributed by atoms with Crippen molar-refractivity contribution in [3.8, 4) is 12.0 Å². The van der Waals surface area contributed by atoms with E-state index in [-0.39, 0.29) is 22.7 Å². The van der Waals surface area contributed by atoms with Gasteiger partial charge in [-0.15, -0.1) is 0 Å². The maximum atomic E-state index is 12.6. The van der Waals surface area contributed by atoms with Crippen LogP contribution in [0, 0.1) is 22.1 Å². The lowest BCUT2D eigenvalue weighted by Gasteiger charge is -2.20. The fourth-order valence-electron chi connectivity index (χ4n) is 3.02. The third-order valence-corrected chi connectivity index (χ3v) is 6.25. The second-order valence-corrected chi connectivity index (χ2v) is 8.57. The molecule has 9 heteroatoms. The molecule has 2 aromatic carbocycles. The molecule has 2 aromatic rings. The molecule has 1 aliphatic carbocycles. The molecule has 1 fully saturated rings. The lowest BCUT2D eigenvalue weighted by atomic mass is 10.2. The van der Waals surface area contributed by atoms with Gasteiger partial charge < -0.3 is 5.32 Å². The molecule has 2 atom stereocenters. The molecule has 0 saturated heterocycles. The van der Waals surface area contributed by atoms with Crippen LogP contribution in [0.15, 0.2) is 53.4 Å². The molecule has 0 aromatic heterocycles. The van der Waals surface area contributed by atoms with Crippen LogP contribution in [0.2, 0.25) is 5.02 Å². The number of benzene rings is 2. The van der Waals surface area contributed by atoms with Crippen LogP contribution in [-0.2, 0) is 10.0 Å². The molecule has 0 unspecified atom stereocenters. The molecule has 1 saturated carbocycles. The van der Waals surface area contributed by atoms with Crippen molar-refractivity contribution < 1.29 is 13.3 Å². The third-order valence-electron chi connectivity index (χ3n) is 4.49. The molecule has 7 nitrogen and oxygen atoms in total. The summed E-state index contributed by atoms with van der Waals surface area (Å²) in [6.45, 7) is 0. The number of nitro benzene ring substituents is 1. The number of hydrogen-bond donors (Lipinski definition) is 2. The molecule has 1 aliphatic rings. The Morgan fingerprint density at radius 2 is 1.68 bits per heavy atom. The smallest absolute Gasteiger partial charge is 0.269 e. The predicted octanol–water partition coefficient (Wildman–Crippen LogP) is 3.05. The highest BCUT2D eigenvalue weighted by atomic mass is 35.5. The van der Waals surface area contributed by atoms with Crippen molar-refractivity contribution in [2.24, 2.45) is 0 Å². The molecule has 0 amide bonds. The van der Waals surface area contributed by atoms with Crippen molar-refractivity contribution in [2.45, 2.75) is 36.2 Å². The molecule has 0 radical (unpaired) electrons. The van der Waals surface area contributed by atoms with Crippen molar-refractivity contribution in [2.75, 3.05) is 0 Å². The summed E-state index contributed by atoms with van der Waals surface area (Å²) >= 11 is 5.84. The molecule has 0 aliphatic heterocycles. The zero-order chi connectivity index (χ0) is 20.1. The van der Waals surface area contributed by atoms with Crippen molar-refractivity contribution in [3.05, 3.63) is 69.2 Å². The highest BCUT2D eigenvalue weighted by Crippen LogP contribution is 2.22. The zero-order valence-corrected chi connectivity index (χ0v) is 16.3. The number of rotatable bonds is 5. The molecular formula is C19H18ClN3O4S. The minimum Gasteiger partial charge on any atom is -0.341 e. The summed E-state index contributed by atoms with van der Waals surface area (Å²) in [4.78, 5) is 10.1. The summed E-state index contributed by atoms with van der Waals surface area (Å²) in [7, 11) is -3.78. The number of nitrogens with one attached hydrogen (secondary N) is 2. The van der Waals surface area contributed by atoms with Gasteiger partial charge in [-0.05, 0) is 61.6 Å². The Balaban J connectivity index is 1.65. The largest absolute Gasteiger partial charge is 0.341 e.